The van der Waals surface area contributed by atoms with Crippen LogP contribution in [0.2, 0.25) is 0 Å². The van der Waals surface area contributed by atoms with Gasteiger partial charge in [0.05, 0.1) is 0 Å². The molecule has 2 amide bonds. The average Bonchev–Trinajstić information content (AvgIpc) is 1.35. The number of carbonyl (C=O) groups excluding carboxylic acids is 1. The number of nitrogens with one attached hydrogen (secondary N) is 1. The van der Waals surface area contributed by atoms with Crippen molar-refractivity contribution in [3.63, 3.8) is 0 Å². The highest BCUT2D eigenvalue weighted by atomic mass is 16.3. The van der Waals surface area contributed by atoms with E-state index in [1.165, 1.54) is 0 Å². The molecule has 34 valence electrons. The van der Waals surface area contributed by atoms with Crippen molar-refractivity contribution in [1.82, 2.24) is 11.1 Å². The first kappa shape index (κ1) is 5.23. The maximum Gasteiger partial charge on any atom is 0.357 e. The third kappa shape index (κ3) is 3.23. The van der Waals surface area contributed by atoms with Crippen LogP contribution in [0.1, 0.15) is 0 Å². The number of aliphatic hydroxyl groups excluding tert-OH is 1. The molecule has 2 radical (unpaired) electrons. The summed E-state index contributed by atoms with van der Waals surface area (Å²) < 4.78 is 0. The molecule has 0 bridgehead atoms. The highest BCUT2D eigenvalue weighted by Gasteiger charge is 1.86. The van der Waals surface area contributed by atoms with Crippen molar-refractivity contribution in [3.8, 4) is 0 Å². The number of nitrogens with zero attached hydrogens (tertiary/aromatic N) is 1. The maximum absolute atomic E-state index is 9.38. The molecular weight excluding hydrogens is 84.0 g/mol. The van der Waals surface area contributed by atoms with Crippen LogP contribution in [0.3, 0.4) is 0 Å². The molecule has 0 aromatic rings. The SMILES string of the molecule is [NH]C(=O)[N]CO. The third-order valence-electron chi connectivity index (χ3n) is 0.214. The quantitative estimate of drug-likeness (QED) is 0.443. The lowest BCUT2D eigenvalue weighted by molar-refractivity contribution is 0.222. The number of rotatable bonds is 1. The van der Waals surface area contributed by atoms with Gasteiger partial charge >= 0.3 is 6.03 Å². The minimum atomic E-state index is -1.09. The van der Waals surface area contributed by atoms with Crippen molar-refractivity contribution in [2.75, 3.05) is 6.73 Å². The largest absolute Gasteiger partial charge is 0.374 e. The van der Waals surface area contributed by atoms with E-state index in [9.17, 15) is 4.79 Å². The molecule has 0 fully saturated rings. The van der Waals surface area contributed by atoms with Crippen molar-refractivity contribution in [3.05, 3.63) is 0 Å². The summed E-state index contributed by atoms with van der Waals surface area (Å²) in [7, 11) is 0. The van der Waals surface area contributed by atoms with E-state index >= 15 is 0 Å². The van der Waals surface area contributed by atoms with Crippen LogP contribution in [0.15, 0.2) is 0 Å². The monoisotopic (exact) mass is 88.0 g/mol. The molecule has 6 heavy (non-hydrogen) atoms. The van der Waals surface area contributed by atoms with Gasteiger partial charge in [-0.1, -0.05) is 0 Å². The number of carbonyl (C=O) groups is 1. The Kier molecular flexibility index (Phi) is 2.15. The first-order valence-corrected chi connectivity index (χ1v) is 1.31. The molecule has 0 aliphatic heterocycles. The van der Waals surface area contributed by atoms with E-state index in [2.05, 4.69) is 5.32 Å². The molecule has 4 heteroatoms. The van der Waals surface area contributed by atoms with Gasteiger partial charge in [-0.2, -0.15) is 0 Å². The lowest BCUT2D eigenvalue weighted by Gasteiger charge is -1.81. The fourth-order valence-corrected chi connectivity index (χ4v) is 0.0642. The van der Waals surface area contributed by atoms with Gasteiger partial charge in [-0.05, 0) is 0 Å². The standard InChI is InChI=1S/C2H4N2O2/c3-2(6)4-1-5/h3,5H,1H2. The van der Waals surface area contributed by atoms with E-state index in [0.717, 1.165) is 0 Å². The van der Waals surface area contributed by atoms with Gasteiger partial charge in [0, 0.05) is 0 Å². The summed E-state index contributed by atoms with van der Waals surface area (Å²) in [6.07, 6.45) is 0. The molecule has 0 aliphatic carbocycles. The van der Waals surface area contributed by atoms with E-state index in [0.29, 0.717) is 0 Å². The van der Waals surface area contributed by atoms with Crippen molar-refractivity contribution >= 4 is 6.03 Å². The lowest BCUT2D eigenvalue weighted by Crippen LogP contribution is -2.14. The second kappa shape index (κ2) is 2.47. The summed E-state index contributed by atoms with van der Waals surface area (Å²) in [6.45, 7) is -0.581. The molecule has 0 aromatic heterocycles. The molecule has 0 spiro atoms. The normalized spacial score (nSPS) is 7.50. The van der Waals surface area contributed by atoms with Crippen LogP contribution < -0.4 is 11.1 Å². The number of hydrogen-bond donors (Lipinski definition) is 1. The van der Waals surface area contributed by atoms with Gasteiger partial charge in [-0.25, -0.2) is 15.8 Å². The van der Waals surface area contributed by atoms with Gasteiger partial charge < -0.3 is 5.11 Å². The molecule has 4 nitrogen and oxygen atoms in total. The summed E-state index contributed by atoms with van der Waals surface area (Å²) in [6, 6.07) is -1.09. The van der Waals surface area contributed by atoms with E-state index in [-0.39, 0.29) is 0 Å². The Labute approximate surface area is 34.9 Å². The fourth-order valence-electron chi connectivity index (χ4n) is 0.0642. The molecule has 2 N–H and O–H groups in total. The smallest absolute Gasteiger partial charge is 0.357 e. The Bertz CT molecular complexity index is 53.5. The second-order valence-electron chi connectivity index (χ2n) is 0.605. The lowest BCUT2D eigenvalue weighted by atomic mass is 11.0. The van der Waals surface area contributed by atoms with E-state index in [1.807, 2.05) is 0 Å². The molecule has 0 saturated carbocycles. The van der Waals surface area contributed by atoms with Crippen molar-refractivity contribution < 1.29 is 9.90 Å². The second-order valence-corrected chi connectivity index (χ2v) is 0.605. The van der Waals surface area contributed by atoms with Crippen molar-refractivity contribution in [2.24, 2.45) is 0 Å². The molecule has 0 saturated heterocycles. The zero-order valence-electron chi connectivity index (χ0n) is 3.01. The summed E-state index contributed by atoms with van der Waals surface area (Å²) in [5.74, 6) is 0. The number of hydrogen-bond acceptors (Lipinski definition) is 2. The summed E-state index contributed by atoms with van der Waals surface area (Å²) >= 11 is 0. The molecule has 0 atom stereocenters. The van der Waals surface area contributed by atoms with Crippen LogP contribution in [-0.4, -0.2) is 17.9 Å². The van der Waals surface area contributed by atoms with Crippen LogP contribution in [0.25, 0.3) is 0 Å². The maximum atomic E-state index is 9.38. The number of aliphatic hydroxyl groups is 1. The first-order chi connectivity index (χ1) is 2.77. The summed E-state index contributed by atoms with van der Waals surface area (Å²) in [5.41, 5.74) is 6.01. The Morgan fingerprint density at radius 3 is 2.50 bits per heavy atom. The zero-order chi connectivity index (χ0) is 4.99. The highest BCUT2D eigenvalue weighted by molar-refractivity contribution is 5.70. The van der Waals surface area contributed by atoms with E-state index in [4.69, 9.17) is 10.8 Å². The van der Waals surface area contributed by atoms with Gasteiger partial charge in [0.15, 0.2) is 0 Å². The van der Waals surface area contributed by atoms with Gasteiger partial charge in [0.1, 0.15) is 6.73 Å². The van der Waals surface area contributed by atoms with Gasteiger partial charge in [0.25, 0.3) is 0 Å². The van der Waals surface area contributed by atoms with Gasteiger partial charge in [-0.3, -0.25) is 0 Å². The fraction of sp³-hybridized carbons (Fsp3) is 0.500. The Morgan fingerprint density at radius 1 is 2.00 bits per heavy atom. The molecule has 0 heterocycles. The van der Waals surface area contributed by atoms with Crippen molar-refractivity contribution in [2.45, 2.75) is 0 Å². The number of amides is 2. The average molecular weight is 88.1 g/mol. The van der Waals surface area contributed by atoms with E-state index in [1.54, 1.807) is 0 Å². The first-order valence-electron chi connectivity index (χ1n) is 1.31. The van der Waals surface area contributed by atoms with Crippen LogP contribution >= 0.6 is 0 Å². The van der Waals surface area contributed by atoms with Crippen LogP contribution in [0.5, 0.6) is 0 Å². The predicted octanol–water partition coefficient (Wildman–Crippen LogP) is -1.06. The predicted molar refractivity (Wildman–Crippen MR) is 17.7 cm³/mol. The number of urea groups is 1. The van der Waals surface area contributed by atoms with Crippen LogP contribution in [0, 0.1) is 0 Å². The molecular formula is C2H4N2O2. The minimum Gasteiger partial charge on any atom is -0.374 e. The zero-order valence-corrected chi connectivity index (χ0v) is 3.01. The summed E-state index contributed by atoms with van der Waals surface area (Å²) in [4.78, 5) is 9.38. The van der Waals surface area contributed by atoms with Crippen molar-refractivity contribution in [1.29, 1.82) is 0 Å². The van der Waals surface area contributed by atoms with Crippen LogP contribution in [-0.2, 0) is 0 Å². The topological polar surface area (TPSA) is 75.2 Å². The molecule has 0 aliphatic rings. The van der Waals surface area contributed by atoms with E-state index < -0.39 is 12.8 Å². The van der Waals surface area contributed by atoms with Crippen LogP contribution in [0.4, 0.5) is 4.79 Å². The molecule has 0 aromatic carbocycles. The molecule has 0 rings (SSSR count). The Hall–Kier alpha value is -0.770. The van der Waals surface area contributed by atoms with Gasteiger partial charge in [0.2, 0.25) is 0 Å². The highest BCUT2D eigenvalue weighted by Crippen LogP contribution is 1.54. The molecule has 0 unspecified atom stereocenters. The summed E-state index contributed by atoms with van der Waals surface area (Å²) in [5, 5.41) is 10.4. The van der Waals surface area contributed by atoms with Gasteiger partial charge in [-0.15, -0.1) is 0 Å². The minimum absolute atomic E-state index is 0.581. The Morgan fingerprint density at radius 2 is 2.50 bits per heavy atom. The Balaban J connectivity index is 2.83. The third-order valence-corrected chi connectivity index (χ3v) is 0.214.